The molecule has 0 radical (unpaired) electrons. The second-order valence-corrected chi connectivity index (χ2v) is 5.61. The lowest BCUT2D eigenvalue weighted by atomic mass is 10.0. The van der Waals surface area contributed by atoms with Gasteiger partial charge < -0.3 is 9.47 Å². The fourth-order valence-electron chi connectivity index (χ4n) is 2.07. The number of aldehydes is 1. The predicted octanol–water partition coefficient (Wildman–Crippen LogP) is 4.72. The van der Waals surface area contributed by atoms with Crippen LogP contribution in [0.2, 0.25) is 0 Å². The summed E-state index contributed by atoms with van der Waals surface area (Å²) in [5.74, 6) is 0.765. The van der Waals surface area contributed by atoms with Crippen LogP contribution in [0, 0.1) is 0 Å². The molecular formula is C19H26O3. The molecule has 0 saturated carbocycles. The molecule has 0 bridgehead atoms. The Morgan fingerprint density at radius 3 is 2.59 bits per heavy atom. The quantitative estimate of drug-likeness (QED) is 0.376. The largest absolute Gasteiger partial charge is 0.467 e. The van der Waals surface area contributed by atoms with Crippen LogP contribution in [-0.4, -0.2) is 20.2 Å². The predicted molar refractivity (Wildman–Crippen MR) is 90.5 cm³/mol. The molecule has 0 atom stereocenters. The Balaban J connectivity index is 2.76. The van der Waals surface area contributed by atoms with Gasteiger partial charge in [0.05, 0.1) is 0 Å². The van der Waals surface area contributed by atoms with E-state index in [1.807, 2.05) is 12.1 Å². The number of hydrogen-bond donors (Lipinski definition) is 0. The number of carbonyl (C=O) groups excluding carboxylic acids is 1. The van der Waals surface area contributed by atoms with Crippen molar-refractivity contribution in [3.63, 3.8) is 0 Å². The van der Waals surface area contributed by atoms with Crippen LogP contribution in [0.4, 0.5) is 0 Å². The zero-order chi connectivity index (χ0) is 16.4. The fraction of sp³-hybridized carbons (Fsp3) is 0.421. The molecule has 0 aliphatic heterocycles. The number of benzene rings is 1. The van der Waals surface area contributed by atoms with E-state index in [9.17, 15) is 4.79 Å². The van der Waals surface area contributed by atoms with Crippen LogP contribution in [0.3, 0.4) is 0 Å². The van der Waals surface area contributed by atoms with Crippen molar-refractivity contribution in [3.05, 3.63) is 52.6 Å². The SMILES string of the molecule is COCOc1ccc(C=O)cc1CC=C(C)CCC=C(C)C. The molecule has 0 aliphatic rings. The average molecular weight is 302 g/mol. The fourth-order valence-corrected chi connectivity index (χ4v) is 2.07. The zero-order valence-corrected chi connectivity index (χ0v) is 14.0. The molecule has 22 heavy (non-hydrogen) atoms. The van der Waals surface area contributed by atoms with Crippen molar-refractivity contribution in [2.45, 2.75) is 40.0 Å². The molecule has 0 unspecified atom stereocenters. The molecule has 0 aliphatic carbocycles. The molecule has 1 aromatic rings. The molecule has 0 spiro atoms. The molecule has 3 nitrogen and oxygen atoms in total. The van der Waals surface area contributed by atoms with Crippen LogP contribution in [-0.2, 0) is 11.2 Å². The minimum absolute atomic E-state index is 0.205. The van der Waals surface area contributed by atoms with Gasteiger partial charge in [-0.3, -0.25) is 4.79 Å². The van der Waals surface area contributed by atoms with E-state index in [0.717, 1.165) is 36.9 Å². The van der Waals surface area contributed by atoms with Crippen molar-refractivity contribution < 1.29 is 14.3 Å². The third-order valence-corrected chi connectivity index (χ3v) is 3.31. The summed E-state index contributed by atoms with van der Waals surface area (Å²) in [5, 5.41) is 0. The Morgan fingerprint density at radius 1 is 1.18 bits per heavy atom. The first-order valence-electron chi connectivity index (χ1n) is 7.55. The average Bonchev–Trinajstić information content (AvgIpc) is 2.50. The normalized spacial score (nSPS) is 11.2. The Kier molecular flexibility index (Phi) is 8.23. The summed E-state index contributed by atoms with van der Waals surface area (Å²) in [7, 11) is 1.59. The molecule has 120 valence electrons. The lowest BCUT2D eigenvalue weighted by Gasteiger charge is -2.10. The van der Waals surface area contributed by atoms with Crippen LogP contribution in [0.15, 0.2) is 41.5 Å². The van der Waals surface area contributed by atoms with Crippen LogP contribution >= 0.6 is 0 Å². The van der Waals surface area contributed by atoms with Crippen LogP contribution in [0.25, 0.3) is 0 Å². The van der Waals surface area contributed by atoms with E-state index >= 15 is 0 Å². The zero-order valence-electron chi connectivity index (χ0n) is 14.0. The van der Waals surface area contributed by atoms with Gasteiger partial charge in [-0.05, 0) is 63.8 Å². The van der Waals surface area contributed by atoms with Crippen molar-refractivity contribution in [2.75, 3.05) is 13.9 Å². The second-order valence-electron chi connectivity index (χ2n) is 5.61. The van der Waals surface area contributed by atoms with Crippen molar-refractivity contribution in [3.8, 4) is 5.75 Å². The first-order chi connectivity index (χ1) is 10.6. The maximum Gasteiger partial charge on any atom is 0.188 e. The number of allylic oxidation sites excluding steroid dienone is 4. The van der Waals surface area contributed by atoms with Crippen LogP contribution in [0.1, 0.15) is 49.5 Å². The molecule has 0 heterocycles. The Bertz CT molecular complexity index is 538. The Morgan fingerprint density at radius 2 is 1.95 bits per heavy atom. The van der Waals surface area contributed by atoms with E-state index in [-0.39, 0.29) is 6.79 Å². The molecule has 1 rings (SSSR count). The molecule has 0 aromatic heterocycles. The van der Waals surface area contributed by atoms with E-state index in [0.29, 0.717) is 5.56 Å². The van der Waals surface area contributed by atoms with E-state index in [1.54, 1.807) is 13.2 Å². The molecule has 0 saturated heterocycles. The maximum atomic E-state index is 10.9. The molecule has 0 amide bonds. The van der Waals surface area contributed by atoms with Crippen molar-refractivity contribution in [1.82, 2.24) is 0 Å². The molecular weight excluding hydrogens is 276 g/mol. The lowest BCUT2D eigenvalue weighted by Crippen LogP contribution is -2.02. The van der Waals surface area contributed by atoms with Gasteiger partial charge in [-0.25, -0.2) is 0 Å². The van der Waals surface area contributed by atoms with Gasteiger partial charge in [0.1, 0.15) is 12.0 Å². The topological polar surface area (TPSA) is 35.5 Å². The standard InChI is InChI=1S/C19H26O3/c1-15(2)6-5-7-16(3)8-10-18-12-17(13-20)9-11-19(18)22-14-21-4/h6,8-9,11-13H,5,7,10,14H2,1-4H3. The van der Waals surface area contributed by atoms with Gasteiger partial charge in [0.25, 0.3) is 0 Å². The summed E-state index contributed by atoms with van der Waals surface area (Å²) in [6, 6.07) is 5.45. The number of rotatable bonds is 9. The van der Waals surface area contributed by atoms with Crippen LogP contribution < -0.4 is 4.74 Å². The highest BCUT2D eigenvalue weighted by molar-refractivity contribution is 5.75. The third-order valence-electron chi connectivity index (χ3n) is 3.31. The van der Waals surface area contributed by atoms with Gasteiger partial charge in [-0.15, -0.1) is 0 Å². The monoisotopic (exact) mass is 302 g/mol. The van der Waals surface area contributed by atoms with Crippen LogP contribution in [0.5, 0.6) is 5.75 Å². The summed E-state index contributed by atoms with van der Waals surface area (Å²) < 4.78 is 10.5. The minimum atomic E-state index is 0.205. The number of hydrogen-bond acceptors (Lipinski definition) is 3. The minimum Gasteiger partial charge on any atom is -0.467 e. The van der Waals surface area contributed by atoms with Gasteiger partial charge in [0, 0.05) is 12.7 Å². The summed E-state index contributed by atoms with van der Waals surface area (Å²) in [5.41, 5.74) is 4.35. The van der Waals surface area contributed by atoms with Crippen molar-refractivity contribution >= 4 is 6.29 Å². The highest BCUT2D eigenvalue weighted by Crippen LogP contribution is 2.22. The van der Waals surface area contributed by atoms with Crippen molar-refractivity contribution in [2.24, 2.45) is 0 Å². The van der Waals surface area contributed by atoms with Gasteiger partial charge in [0.2, 0.25) is 0 Å². The third kappa shape index (κ3) is 6.72. The molecule has 0 fully saturated rings. The van der Waals surface area contributed by atoms with Gasteiger partial charge >= 0.3 is 0 Å². The first kappa shape index (κ1) is 18.2. The number of ether oxygens (including phenoxy) is 2. The van der Waals surface area contributed by atoms with Gasteiger partial charge in [-0.1, -0.05) is 23.3 Å². The number of methoxy groups -OCH3 is 1. The Hall–Kier alpha value is -1.87. The summed E-state index contributed by atoms with van der Waals surface area (Å²) in [6.45, 7) is 6.57. The highest BCUT2D eigenvalue weighted by atomic mass is 16.7. The second kappa shape index (κ2) is 9.96. The van der Waals surface area contributed by atoms with Gasteiger partial charge in [0.15, 0.2) is 6.79 Å². The van der Waals surface area contributed by atoms with E-state index in [1.165, 1.54) is 11.1 Å². The van der Waals surface area contributed by atoms with Crippen molar-refractivity contribution in [1.29, 1.82) is 0 Å². The smallest absolute Gasteiger partial charge is 0.188 e. The summed E-state index contributed by atoms with van der Waals surface area (Å²) in [4.78, 5) is 10.9. The lowest BCUT2D eigenvalue weighted by molar-refractivity contribution is 0.0505. The van der Waals surface area contributed by atoms with Gasteiger partial charge in [-0.2, -0.15) is 0 Å². The maximum absolute atomic E-state index is 10.9. The Labute approximate surface area is 133 Å². The highest BCUT2D eigenvalue weighted by Gasteiger charge is 2.04. The molecule has 1 aromatic carbocycles. The molecule has 0 N–H and O–H groups in total. The molecule has 3 heteroatoms. The first-order valence-corrected chi connectivity index (χ1v) is 7.55. The van der Waals surface area contributed by atoms with E-state index in [4.69, 9.17) is 9.47 Å². The number of carbonyl (C=O) groups is 1. The van der Waals surface area contributed by atoms with E-state index in [2.05, 4.69) is 32.9 Å². The van der Waals surface area contributed by atoms with E-state index < -0.39 is 0 Å². The summed E-state index contributed by atoms with van der Waals surface area (Å²) in [6.07, 6.45) is 8.16. The summed E-state index contributed by atoms with van der Waals surface area (Å²) >= 11 is 0.